The molecule has 2 rings (SSSR count). The molecule has 96 valence electrons. The summed E-state index contributed by atoms with van der Waals surface area (Å²) >= 11 is 0. The smallest absolute Gasteiger partial charge is 0.317 e. The van der Waals surface area contributed by atoms with Crippen LogP contribution in [-0.2, 0) is 0 Å². The molecule has 0 aliphatic carbocycles. The Kier molecular flexibility index (Phi) is 4.11. The lowest BCUT2D eigenvalue weighted by atomic mass is 10.3. The van der Waals surface area contributed by atoms with Gasteiger partial charge in [-0.3, -0.25) is 0 Å². The number of amides is 2. The summed E-state index contributed by atoms with van der Waals surface area (Å²) in [6, 6.07) is 1.76. The van der Waals surface area contributed by atoms with Gasteiger partial charge in [0.2, 0.25) is 5.95 Å². The Balaban J connectivity index is 1.84. The van der Waals surface area contributed by atoms with Crippen LogP contribution in [0.15, 0.2) is 31.1 Å². The Morgan fingerprint density at radius 3 is 2.61 bits per heavy atom. The first-order valence-corrected chi connectivity index (χ1v) is 5.97. The van der Waals surface area contributed by atoms with Gasteiger partial charge < -0.3 is 15.1 Å². The lowest BCUT2D eigenvalue weighted by Crippen LogP contribution is -2.52. The van der Waals surface area contributed by atoms with Crippen molar-refractivity contribution in [1.82, 2.24) is 20.2 Å². The Bertz CT molecular complexity index is 400. The van der Waals surface area contributed by atoms with Gasteiger partial charge in [-0.15, -0.1) is 6.58 Å². The Labute approximate surface area is 106 Å². The van der Waals surface area contributed by atoms with Crippen LogP contribution in [0.1, 0.15) is 0 Å². The highest BCUT2D eigenvalue weighted by Gasteiger charge is 2.21. The lowest BCUT2D eigenvalue weighted by Gasteiger charge is -2.34. The van der Waals surface area contributed by atoms with E-state index in [1.165, 1.54) is 0 Å². The van der Waals surface area contributed by atoms with E-state index in [1.54, 1.807) is 29.4 Å². The Hall–Kier alpha value is -2.11. The summed E-state index contributed by atoms with van der Waals surface area (Å²) in [4.78, 5) is 24.0. The van der Waals surface area contributed by atoms with E-state index >= 15 is 0 Å². The fourth-order valence-electron chi connectivity index (χ4n) is 1.84. The van der Waals surface area contributed by atoms with Gasteiger partial charge in [-0.25, -0.2) is 14.8 Å². The van der Waals surface area contributed by atoms with E-state index in [2.05, 4.69) is 26.8 Å². The van der Waals surface area contributed by atoms with E-state index in [9.17, 15) is 4.79 Å². The van der Waals surface area contributed by atoms with E-state index in [1.807, 2.05) is 0 Å². The van der Waals surface area contributed by atoms with Gasteiger partial charge in [0, 0.05) is 45.1 Å². The van der Waals surface area contributed by atoms with Gasteiger partial charge in [0.1, 0.15) is 0 Å². The van der Waals surface area contributed by atoms with Gasteiger partial charge in [-0.2, -0.15) is 0 Å². The minimum Gasteiger partial charge on any atom is -0.337 e. The van der Waals surface area contributed by atoms with Crippen molar-refractivity contribution < 1.29 is 4.79 Å². The second-order valence-electron chi connectivity index (χ2n) is 4.00. The molecule has 18 heavy (non-hydrogen) atoms. The number of urea groups is 1. The van der Waals surface area contributed by atoms with E-state index in [0.717, 1.165) is 19.0 Å². The molecule has 0 radical (unpaired) electrons. The van der Waals surface area contributed by atoms with E-state index in [4.69, 9.17) is 0 Å². The summed E-state index contributed by atoms with van der Waals surface area (Å²) < 4.78 is 0. The van der Waals surface area contributed by atoms with Crippen LogP contribution in [0.4, 0.5) is 10.7 Å². The number of hydrogen-bond donors (Lipinski definition) is 1. The fourth-order valence-corrected chi connectivity index (χ4v) is 1.84. The molecule has 0 atom stereocenters. The maximum Gasteiger partial charge on any atom is 0.317 e. The van der Waals surface area contributed by atoms with Crippen molar-refractivity contribution in [2.45, 2.75) is 0 Å². The molecule has 6 heteroatoms. The molecule has 6 nitrogen and oxygen atoms in total. The minimum atomic E-state index is -0.0384. The van der Waals surface area contributed by atoms with Crippen LogP contribution < -0.4 is 10.2 Å². The third-order valence-electron chi connectivity index (χ3n) is 2.80. The van der Waals surface area contributed by atoms with Crippen molar-refractivity contribution in [3.8, 4) is 0 Å². The summed E-state index contributed by atoms with van der Waals surface area (Å²) in [5.41, 5.74) is 0. The molecular weight excluding hydrogens is 230 g/mol. The Morgan fingerprint density at radius 2 is 2.00 bits per heavy atom. The van der Waals surface area contributed by atoms with Crippen LogP contribution in [0.25, 0.3) is 0 Å². The average molecular weight is 247 g/mol. The van der Waals surface area contributed by atoms with Gasteiger partial charge in [-0.1, -0.05) is 6.08 Å². The molecular formula is C12H17N5O. The third-order valence-corrected chi connectivity index (χ3v) is 2.80. The first-order valence-electron chi connectivity index (χ1n) is 5.97. The summed E-state index contributed by atoms with van der Waals surface area (Å²) in [5.74, 6) is 0.726. The largest absolute Gasteiger partial charge is 0.337 e. The van der Waals surface area contributed by atoms with Crippen LogP contribution in [0.5, 0.6) is 0 Å². The van der Waals surface area contributed by atoms with Crippen molar-refractivity contribution in [2.75, 3.05) is 37.6 Å². The number of piperazine rings is 1. The zero-order valence-corrected chi connectivity index (χ0v) is 10.2. The van der Waals surface area contributed by atoms with E-state index in [0.29, 0.717) is 19.6 Å². The molecule has 1 fully saturated rings. The highest BCUT2D eigenvalue weighted by atomic mass is 16.2. The molecule has 0 spiro atoms. The second kappa shape index (κ2) is 6.00. The molecule has 1 aromatic rings. The number of nitrogens with one attached hydrogen (secondary N) is 1. The highest BCUT2D eigenvalue weighted by molar-refractivity contribution is 5.74. The average Bonchev–Trinajstić information content (AvgIpc) is 2.46. The van der Waals surface area contributed by atoms with Crippen LogP contribution >= 0.6 is 0 Å². The van der Waals surface area contributed by atoms with E-state index in [-0.39, 0.29) is 6.03 Å². The molecule has 1 N–H and O–H groups in total. The van der Waals surface area contributed by atoms with Gasteiger partial charge in [0.25, 0.3) is 0 Å². The first kappa shape index (κ1) is 12.3. The zero-order chi connectivity index (χ0) is 12.8. The highest BCUT2D eigenvalue weighted by Crippen LogP contribution is 2.09. The van der Waals surface area contributed by atoms with Crippen LogP contribution in [-0.4, -0.2) is 53.6 Å². The summed E-state index contributed by atoms with van der Waals surface area (Å²) in [6.45, 7) is 6.95. The van der Waals surface area contributed by atoms with Gasteiger partial charge in [0.05, 0.1) is 0 Å². The van der Waals surface area contributed by atoms with Crippen molar-refractivity contribution in [3.63, 3.8) is 0 Å². The molecule has 0 unspecified atom stereocenters. The van der Waals surface area contributed by atoms with Gasteiger partial charge in [-0.05, 0) is 6.07 Å². The lowest BCUT2D eigenvalue weighted by molar-refractivity contribution is 0.195. The predicted octanol–water partition coefficient (Wildman–Crippen LogP) is 0.494. The Morgan fingerprint density at radius 1 is 1.33 bits per heavy atom. The summed E-state index contributed by atoms with van der Waals surface area (Å²) in [6.07, 6.45) is 5.13. The molecule has 1 aromatic heterocycles. The molecule has 2 amide bonds. The summed E-state index contributed by atoms with van der Waals surface area (Å²) in [7, 11) is 0. The number of carbonyl (C=O) groups excluding carboxylic acids is 1. The first-order chi connectivity index (χ1) is 8.81. The third kappa shape index (κ3) is 2.97. The van der Waals surface area contributed by atoms with E-state index < -0.39 is 0 Å². The zero-order valence-electron chi connectivity index (χ0n) is 10.2. The molecule has 2 heterocycles. The molecule has 1 aliphatic rings. The van der Waals surface area contributed by atoms with Crippen molar-refractivity contribution in [2.24, 2.45) is 0 Å². The topological polar surface area (TPSA) is 61.4 Å². The number of carbonyl (C=O) groups is 1. The maximum absolute atomic E-state index is 11.7. The van der Waals surface area contributed by atoms with Crippen LogP contribution in [0, 0.1) is 0 Å². The second-order valence-corrected chi connectivity index (χ2v) is 4.00. The van der Waals surface area contributed by atoms with Crippen molar-refractivity contribution in [3.05, 3.63) is 31.1 Å². The SMILES string of the molecule is C=CCNC(=O)N1CCN(c2ncccn2)CC1. The minimum absolute atomic E-state index is 0.0384. The fraction of sp³-hybridized carbons (Fsp3) is 0.417. The van der Waals surface area contributed by atoms with Gasteiger partial charge in [0.15, 0.2) is 0 Å². The summed E-state index contributed by atoms with van der Waals surface area (Å²) in [5, 5.41) is 2.78. The molecule has 1 saturated heterocycles. The van der Waals surface area contributed by atoms with Crippen molar-refractivity contribution in [1.29, 1.82) is 0 Å². The number of anilines is 1. The number of aromatic nitrogens is 2. The monoisotopic (exact) mass is 247 g/mol. The standard InChI is InChI=1S/C12H17N5O/c1-2-4-15-12(18)17-9-7-16(8-10-17)11-13-5-3-6-14-11/h2-3,5-6H,1,4,7-10H2,(H,15,18). The maximum atomic E-state index is 11.7. The molecule has 1 aliphatic heterocycles. The predicted molar refractivity (Wildman–Crippen MR) is 69.4 cm³/mol. The van der Waals surface area contributed by atoms with Crippen LogP contribution in [0.2, 0.25) is 0 Å². The van der Waals surface area contributed by atoms with Gasteiger partial charge >= 0.3 is 6.03 Å². The number of rotatable bonds is 3. The molecule has 0 saturated carbocycles. The normalized spacial score (nSPS) is 15.3. The number of hydrogen-bond acceptors (Lipinski definition) is 4. The number of nitrogens with zero attached hydrogens (tertiary/aromatic N) is 4. The molecule has 0 bridgehead atoms. The molecule has 0 aromatic carbocycles. The van der Waals surface area contributed by atoms with Crippen molar-refractivity contribution >= 4 is 12.0 Å². The quantitative estimate of drug-likeness (QED) is 0.790. The van der Waals surface area contributed by atoms with Crippen LogP contribution in [0.3, 0.4) is 0 Å².